The third kappa shape index (κ3) is 4.32. The summed E-state index contributed by atoms with van der Waals surface area (Å²) in [5.41, 5.74) is 1.67. The van der Waals surface area contributed by atoms with Crippen molar-refractivity contribution in [3.63, 3.8) is 0 Å². The fraction of sp³-hybridized carbons (Fsp3) is 0.308. The highest BCUT2D eigenvalue weighted by Crippen LogP contribution is 2.20. The van der Waals surface area contributed by atoms with E-state index in [-0.39, 0.29) is 12.6 Å². The number of urea groups is 1. The monoisotopic (exact) mass is 308 g/mol. The van der Waals surface area contributed by atoms with E-state index in [0.29, 0.717) is 12.2 Å². The van der Waals surface area contributed by atoms with Gasteiger partial charge in [0, 0.05) is 16.0 Å². The number of hydrogen-bond donors (Lipinski definition) is 3. The first kappa shape index (κ1) is 15.0. The van der Waals surface area contributed by atoms with Gasteiger partial charge in [-0.1, -0.05) is 0 Å². The lowest BCUT2D eigenvalue weighted by molar-refractivity contribution is -0.137. The third-order valence-electron chi connectivity index (χ3n) is 2.83. The number of aromatic nitrogens is 2. The highest BCUT2D eigenvalue weighted by Gasteiger charge is 2.07. The molecule has 0 bridgehead atoms. The van der Waals surface area contributed by atoms with E-state index in [0.717, 1.165) is 4.88 Å². The van der Waals surface area contributed by atoms with Crippen LogP contribution in [-0.2, 0) is 17.9 Å². The first-order valence-electron chi connectivity index (χ1n) is 6.29. The molecule has 0 saturated carbocycles. The molecule has 0 radical (unpaired) electrons. The summed E-state index contributed by atoms with van der Waals surface area (Å²) in [6.45, 7) is 4.29. The Morgan fingerprint density at radius 2 is 2.19 bits per heavy atom. The molecular formula is C13H16N4O3S. The van der Waals surface area contributed by atoms with E-state index in [9.17, 15) is 9.59 Å². The predicted molar refractivity (Wildman–Crippen MR) is 79.5 cm³/mol. The molecule has 0 spiro atoms. The standard InChI is InChI=1S/C13H16N4O3S/c1-8-3-11(21-9(8)2)5-14-13(20)16-10-4-15-17(6-10)7-12(18)19/h3-4,6H,5,7H2,1-2H3,(H,18,19)(H2,14,16,20). The van der Waals surface area contributed by atoms with Crippen LogP contribution < -0.4 is 10.6 Å². The highest BCUT2D eigenvalue weighted by molar-refractivity contribution is 7.12. The lowest BCUT2D eigenvalue weighted by Crippen LogP contribution is -2.27. The van der Waals surface area contributed by atoms with Gasteiger partial charge in [0.2, 0.25) is 0 Å². The normalized spacial score (nSPS) is 10.4. The van der Waals surface area contributed by atoms with Gasteiger partial charge in [-0.25, -0.2) is 4.79 Å². The molecule has 8 heteroatoms. The van der Waals surface area contributed by atoms with Gasteiger partial charge in [-0.2, -0.15) is 5.10 Å². The van der Waals surface area contributed by atoms with Crippen molar-refractivity contribution in [1.82, 2.24) is 15.1 Å². The number of carboxylic acid groups (broad SMARTS) is 1. The SMILES string of the molecule is Cc1cc(CNC(=O)Nc2cnn(CC(=O)O)c2)sc1C. The molecule has 0 aliphatic carbocycles. The van der Waals surface area contributed by atoms with Crippen molar-refractivity contribution in [2.75, 3.05) is 5.32 Å². The summed E-state index contributed by atoms with van der Waals surface area (Å²) in [6.07, 6.45) is 2.87. The number of aryl methyl sites for hydroxylation is 2. The molecule has 0 aliphatic rings. The number of carbonyl (C=O) groups is 2. The minimum Gasteiger partial charge on any atom is -0.480 e. The Bertz CT molecular complexity index is 643. The van der Waals surface area contributed by atoms with Crippen LogP contribution in [0.5, 0.6) is 0 Å². The smallest absolute Gasteiger partial charge is 0.325 e. The zero-order chi connectivity index (χ0) is 15.4. The Hall–Kier alpha value is -2.35. The van der Waals surface area contributed by atoms with Gasteiger partial charge < -0.3 is 15.7 Å². The molecule has 2 rings (SSSR count). The molecule has 0 saturated heterocycles. The third-order valence-corrected chi connectivity index (χ3v) is 3.98. The minimum atomic E-state index is -0.988. The number of amides is 2. The van der Waals surface area contributed by atoms with E-state index in [2.05, 4.69) is 15.7 Å². The number of hydrogen-bond acceptors (Lipinski definition) is 4. The molecule has 0 fully saturated rings. The molecule has 112 valence electrons. The Kier molecular flexibility index (Phi) is 4.59. The quantitative estimate of drug-likeness (QED) is 0.786. The van der Waals surface area contributed by atoms with E-state index < -0.39 is 5.97 Å². The van der Waals surface area contributed by atoms with Crippen LogP contribution in [0.25, 0.3) is 0 Å². The van der Waals surface area contributed by atoms with Crippen molar-refractivity contribution in [1.29, 1.82) is 0 Å². The van der Waals surface area contributed by atoms with Gasteiger partial charge in [0.05, 0.1) is 18.4 Å². The van der Waals surface area contributed by atoms with Crippen LogP contribution in [0.15, 0.2) is 18.5 Å². The average Bonchev–Trinajstić information content (AvgIpc) is 2.94. The summed E-state index contributed by atoms with van der Waals surface area (Å²) in [5.74, 6) is -0.988. The van der Waals surface area contributed by atoms with Crippen LogP contribution >= 0.6 is 11.3 Å². The topological polar surface area (TPSA) is 96.3 Å². The Morgan fingerprint density at radius 1 is 1.43 bits per heavy atom. The summed E-state index contributed by atoms with van der Waals surface area (Å²) in [7, 11) is 0. The summed E-state index contributed by atoms with van der Waals surface area (Å²) < 4.78 is 1.24. The van der Waals surface area contributed by atoms with Crippen LogP contribution in [0.1, 0.15) is 15.3 Å². The molecule has 0 atom stereocenters. The summed E-state index contributed by atoms with van der Waals surface area (Å²) in [6, 6.07) is 1.69. The maximum Gasteiger partial charge on any atom is 0.325 e. The van der Waals surface area contributed by atoms with Gasteiger partial charge in [0.15, 0.2) is 0 Å². The van der Waals surface area contributed by atoms with Crippen molar-refractivity contribution in [3.8, 4) is 0 Å². The average molecular weight is 308 g/mol. The number of anilines is 1. The van der Waals surface area contributed by atoms with E-state index in [1.165, 1.54) is 27.5 Å². The number of thiophene rings is 1. The fourth-order valence-corrected chi connectivity index (χ4v) is 2.73. The number of nitrogens with one attached hydrogen (secondary N) is 2. The molecule has 21 heavy (non-hydrogen) atoms. The molecular weight excluding hydrogens is 292 g/mol. The molecule has 0 aliphatic heterocycles. The predicted octanol–water partition coefficient (Wildman–Crippen LogP) is 1.97. The summed E-state index contributed by atoms with van der Waals surface area (Å²) in [5, 5.41) is 17.8. The second kappa shape index (κ2) is 6.40. The molecule has 7 nitrogen and oxygen atoms in total. The van der Waals surface area contributed by atoms with Gasteiger partial charge in [-0.3, -0.25) is 9.48 Å². The Balaban J connectivity index is 1.84. The fourth-order valence-electron chi connectivity index (χ4n) is 1.73. The van der Waals surface area contributed by atoms with Crippen LogP contribution in [0.4, 0.5) is 10.5 Å². The van der Waals surface area contributed by atoms with Crippen molar-refractivity contribution in [2.45, 2.75) is 26.9 Å². The maximum atomic E-state index is 11.7. The second-order valence-corrected chi connectivity index (χ2v) is 5.92. The zero-order valence-corrected chi connectivity index (χ0v) is 12.5. The molecule has 0 aromatic carbocycles. The van der Waals surface area contributed by atoms with Crippen LogP contribution in [-0.4, -0.2) is 26.9 Å². The maximum absolute atomic E-state index is 11.7. The Morgan fingerprint density at radius 3 is 2.81 bits per heavy atom. The molecule has 2 amide bonds. The second-order valence-electron chi connectivity index (χ2n) is 4.58. The molecule has 2 heterocycles. The van der Waals surface area contributed by atoms with Gasteiger partial charge in [-0.15, -0.1) is 11.3 Å². The highest BCUT2D eigenvalue weighted by atomic mass is 32.1. The molecule has 0 unspecified atom stereocenters. The van der Waals surface area contributed by atoms with Crippen LogP contribution in [0.2, 0.25) is 0 Å². The van der Waals surface area contributed by atoms with Gasteiger partial charge in [-0.05, 0) is 25.5 Å². The number of aliphatic carboxylic acids is 1. The number of carboxylic acids is 1. The Labute approximate surface area is 125 Å². The van der Waals surface area contributed by atoms with Crippen molar-refractivity contribution < 1.29 is 14.7 Å². The van der Waals surface area contributed by atoms with Gasteiger partial charge in [0.1, 0.15) is 6.54 Å². The molecule has 2 aromatic rings. The van der Waals surface area contributed by atoms with Gasteiger partial charge in [0.25, 0.3) is 0 Å². The number of rotatable bonds is 5. The van der Waals surface area contributed by atoms with Crippen molar-refractivity contribution >= 4 is 29.0 Å². The molecule has 2 aromatic heterocycles. The van der Waals surface area contributed by atoms with Crippen LogP contribution in [0, 0.1) is 13.8 Å². The van der Waals surface area contributed by atoms with E-state index in [4.69, 9.17) is 5.11 Å². The summed E-state index contributed by atoms with van der Waals surface area (Å²) in [4.78, 5) is 24.6. The van der Waals surface area contributed by atoms with Crippen molar-refractivity contribution in [2.24, 2.45) is 0 Å². The molecule has 3 N–H and O–H groups in total. The van der Waals surface area contributed by atoms with Crippen molar-refractivity contribution in [3.05, 3.63) is 33.8 Å². The first-order chi connectivity index (χ1) is 9.94. The zero-order valence-electron chi connectivity index (χ0n) is 11.7. The number of carbonyl (C=O) groups excluding carboxylic acids is 1. The minimum absolute atomic E-state index is 0.239. The largest absolute Gasteiger partial charge is 0.480 e. The van der Waals surface area contributed by atoms with E-state index in [1.807, 2.05) is 19.9 Å². The number of nitrogens with zero attached hydrogens (tertiary/aromatic N) is 2. The van der Waals surface area contributed by atoms with E-state index in [1.54, 1.807) is 11.3 Å². The lowest BCUT2D eigenvalue weighted by Gasteiger charge is -2.04. The summed E-state index contributed by atoms with van der Waals surface area (Å²) >= 11 is 1.65. The van der Waals surface area contributed by atoms with Gasteiger partial charge >= 0.3 is 12.0 Å². The van der Waals surface area contributed by atoms with Crippen LogP contribution in [0.3, 0.4) is 0 Å². The van der Waals surface area contributed by atoms with E-state index >= 15 is 0 Å². The first-order valence-corrected chi connectivity index (χ1v) is 7.10. The lowest BCUT2D eigenvalue weighted by atomic mass is 10.3.